The van der Waals surface area contributed by atoms with Crippen LogP contribution < -0.4 is 4.74 Å². The lowest BCUT2D eigenvalue weighted by molar-refractivity contribution is -0.145. The van der Waals surface area contributed by atoms with Crippen LogP contribution >= 0.6 is 15.9 Å². The monoisotopic (exact) mass is 272 g/mol. The first-order valence-electron chi connectivity index (χ1n) is 4.68. The number of rotatable bonds is 4. The molecule has 0 fully saturated rings. The third-order valence-corrected chi connectivity index (χ3v) is 2.29. The fraction of sp³-hybridized carbons (Fsp3) is 0.364. The van der Waals surface area contributed by atoms with Gasteiger partial charge < -0.3 is 9.47 Å². The van der Waals surface area contributed by atoms with Gasteiger partial charge in [-0.25, -0.2) is 4.79 Å². The summed E-state index contributed by atoms with van der Waals surface area (Å²) in [5.74, 6) is 0.342. The Labute approximate surface area is 97.5 Å². The van der Waals surface area contributed by atoms with Gasteiger partial charge in [-0.2, -0.15) is 0 Å². The first kappa shape index (κ1) is 12.0. The molecule has 0 bridgehead atoms. The first-order valence-corrected chi connectivity index (χ1v) is 5.47. The Morgan fingerprint density at radius 2 is 2.20 bits per heavy atom. The van der Waals surface area contributed by atoms with E-state index in [4.69, 9.17) is 9.47 Å². The number of esters is 1. The molecule has 0 saturated carbocycles. The van der Waals surface area contributed by atoms with Crippen LogP contribution in [0.5, 0.6) is 5.75 Å². The van der Waals surface area contributed by atoms with E-state index in [-0.39, 0.29) is 12.6 Å². The van der Waals surface area contributed by atoms with Gasteiger partial charge in [-0.3, -0.25) is 0 Å². The summed E-state index contributed by atoms with van der Waals surface area (Å²) in [7, 11) is 0. The van der Waals surface area contributed by atoms with Crippen LogP contribution in [-0.4, -0.2) is 19.2 Å². The maximum atomic E-state index is 11.1. The van der Waals surface area contributed by atoms with Crippen molar-refractivity contribution in [3.05, 3.63) is 28.2 Å². The minimum atomic E-state index is -0.350. The molecule has 0 atom stereocenters. The zero-order valence-electron chi connectivity index (χ0n) is 8.75. The highest BCUT2D eigenvalue weighted by Gasteiger charge is 2.05. The number of aryl methyl sites for hydroxylation is 1. The van der Waals surface area contributed by atoms with Crippen molar-refractivity contribution in [2.24, 2.45) is 0 Å². The Hall–Kier alpha value is -1.03. The second kappa shape index (κ2) is 5.75. The van der Waals surface area contributed by atoms with Gasteiger partial charge in [0.25, 0.3) is 0 Å². The molecule has 0 amide bonds. The van der Waals surface area contributed by atoms with Crippen LogP contribution in [0.1, 0.15) is 12.5 Å². The molecule has 3 nitrogen and oxygen atoms in total. The number of ether oxygens (including phenoxy) is 2. The summed E-state index contributed by atoms with van der Waals surface area (Å²) in [4.78, 5) is 11.1. The Balaban J connectivity index is 2.57. The van der Waals surface area contributed by atoms with Gasteiger partial charge in [0.1, 0.15) is 5.75 Å². The van der Waals surface area contributed by atoms with Gasteiger partial charge in [0, 0.05) is 4.47 Å². The maximum absolute atomic E-state index is 11.1. The molecule has 1 aromatic rings. The van der Waals surface area contributed by atoms with Crippen molar-refractivity contribution in [3.63, 3.8) is 0 Å². The van der Waals surface area contributed by atoms with Crippen LogP contribution in [0.4, 0.5) is 0 Å². The van der Waals surface area contributed by atoms with E-state index in [0.29, 0.717) is 12.4 Å². The quantitative estimate of drug-likeness (QED) is 0.791. The van der Waals surface area contributed by atoms with Crippen molar-refractivity contribution in [1.29, 1.82) is 0 Å². The summed E-state index contributed by atoms with van der Waals surface area (Å²) in [6.45, 7) is 4.01. The van der Waals surface area contributed by atoms with Crippen molar-refractivity contribution in [2.75, 3.05) is 13.2 Å². The molecule has 0 unspecified atom stereocenters. The molecule has 0 saturated heterocycles. The summed E-state index contributed by atoms with van der Waals surface area (Å²) in [5.41, 5.74) is 0.988. The number of carbonyl (C=O) groups is 1. The number of halogens is 1. The van der Waals surface area contributed by atoms with E-state index in [0.717, 1.165) is 10.0 Å². The Morgan fingerprint density at radius 1 is 1.47 bits per heavy atom. The fourth-order valence-electron chi connectivity index (χ4n) is 1.07. The van der Waals surface area contributed by atoms with E-state index in [1.54, 1.807) is 6.92 Å². The molecule has 0 aromatic heterocycles. The average Bonchev–Trinajstić information content (AvgIpc) is 2.20. The predicted molar refractivity (Wildman–Crippen MR) is 61.0 cm³/mol. The predicted octanol–water partition coefficient (Wildman–Crippen LogP) is 2.70. The van der Waals surface area contributed by atoms with Crippen molar-refractivity contribution in [2.45, 2.75) is 13.8 Å². The third kappa shape index (κ3) is 3.91. The lowest BCUT2D eigenvalue weighted by Gasteiger charge is -2.08. The second-order valence-electron chi connectivity index (χ2n) is 3.00. The van der Waals surface area contributed by atoms with E-state index >= 15 is 0 Å². The van der Waals surface area contributed by atoms with Gasteiger partial charge in [0.05, 0.1) is 6.61 Å². The molecule has 1 rings (SSSR count). The first-order chi connectivity index (χ1) is 7.13. The summed E-state index contributed by atoms with van der Waals surface area (Å²) < 4.78 is 11.0. The molecule has 0 radical (unpaired) electrons. The zero-order valence-corrected chi connectivity index (χ0v) is 10.3. The van der Waals surface area contributed by atoms with Crippen molar-refractivity contribution < 1.29 is 14.3 Å². The van der Waals surface area contributed by atoms with Crippen LogP contribution in [0.3, 0.4) is 0 Å². The summed E-state index contributed by atoms with van der Waals surface area (Å²) in [5, 5.41) is 0. The maximum Gasteiger partial charge on any atom is 0.344 e. The van der Waals surface area contributed by atoms with Crippen LogP contribution in [0.15, 0.2) is 22.7 Å². The van der Waals surface area contributed by atoms with Crippen molar-refractivity contribution in [3.8, 4) is 5.75 Å². The van der Waals surface area contributed by atoms with Gasteiger partial charge in [-0.15, -0.1) is 0 Å². The molecule has 4 heteroatoms. The Bertz CT molecular complexity index is 350. The SMILES string of the molecule is CCOC(=O)COc1cc(Br)ccc1C. The van der Waals surface area contributed by atoms with E-state index in [9.17, 15) is 4.79 Å². The highest BCUT2D eigenvalue weighted by Crippen LogP contribution is 2.22. The van der Waals surface area contributed by atoms with E-state index in [1.165, 1.54) is 0 Å². The molecule has 15 heavy (non-hydrogen) atoms. The largest absolute Gasteiger partial charge is 0.482 e. The van der Waals surface area contributed by atoms with Crippen molar-refractivity contribution >= 4 is 21.9 Å². The van der Waals surface area contributed by atoms with Gasteiger partial charge in [0.2, 0.25) is 0 Å². The Kier molecular flexibility index (Phi) is 4.62. The van der Waals surface area contributed by atoms with E-state index in [2.05, 4.69) is 15.9 Å². The van der Waals surface area contributed by atoms with Gasteiger partial charge in [-0.1, -0.05) is 22.0 Å². The van der Waals surface area contributed by atoms with Gasteiger partial charge in [-0.05, 0) is 31.5 Å². The second-order valence-corrected chi connectivity index (χ2v) is 3.92. The normalized spacial score (nSPS) is 9.80. The smallest absolute Gasteiger partial charge is 0.344 e. The molecule has 82 valence electrons. The lowest BCUT2D eigenvalue weighted by atomic mass is 10.2. The van der Waals surface area contributed by atoms with E-state index in [1.807, 2.05) is 25.1 Å². The molecular formula is C11H13BrO3. The zero-order chi connectivity index (χ0) is 11.3. The van der Waals surface area contributed by atoms with Crippen LogP contribution in [0.2, 0.25) is 0 Å². The molecule has 0 spiro atoms. The molecule has 0 aliphatic carbocycles. The highest BCUT2D eigenvalue weighted by molar-refractivity contribution is 9.10. The van der Waals surface area contributed by atoms with Gasteiger partial charge in [0.15, 0.2) is 6.61 Å². The molecular weight excluding hydrogens is 260 g/mol. The number of carbonyl (C=O) groups excluding carboxylic acids is 1. The van der Waals surface area contributed by atoms with Crippen LogP contribution in [0, 0.1) is 6.92 Å². The highest BCUT2D eigenvalue weighted by atomic mass is 79.9. The Morgan fingerprint density at radius 3 is 2.87 bits per heavy atom. The molecule has 0 heterocycles. The summed E-state index contributed by atoms with van der Waals surface area (Å²) in [6.07, 6.45) is 0. The average molecular weight is 273 g/mol. The van der Waals surface area contributed by atoms with Crippen LogP contribution in [0.25, 0.3) is 0 Å². The summed E-state index contributed by atoms with van der Waals surface area (Å²) in [6, 6.07) is 5.67. The summed E-state index contributed by atoms with van der Waals surface area (Å²) >= 11 is 3.34. The number of hydrogen-bond acceptors (Lipinski definition) is 3. The number of benzene rings is 1. The fourth-order valence-corrected chi connectivity index (χ4v) is 1.41. The lowest BCUT2D eigenvalue weighted by Crippen LogP contribution is -2.14. The van der Waals surface area contributed by atoms with Crippen LogP contribution in [-0.2, 0) is 9.53 Å². The molecule has 0 aliphatic rings. The molecule has 1 aromatic carbocycles. The minimum Gasteiger partial charge on any atom is -0.482 e. The standard InChI is InChI=1S/C11H13BrO3/c1-3-14-11(13)7-15-10-6-9(12)5-4-8(10)2/h4-6H,3,7H2,1-2H3. The minimum absolute atomic E-state index is 0.0505. The third-order valence-electron chi connectivity index (χ3n) is 1.80. The topological polar surface area (TPSA) is 35.5 Å². The van der Waals surface area contributed by atoms with E-state index < -0.39 is 0 Å². The van der Waals surface area contributed by atoms with Gasteiger partial charge >= 0.3 is 5.97 Å². The number of hydrogen-bond donors (Lipinski definition) is 0. The molecule has 0 aliphatic heterocycles. The molecule has 0 N–H and O–H groups in total. The van der Waals surface area contributed by atoms with Crippen molar-refractivity contribution in [1.82, 2.24) is 0 Å².